The fourth-order valence-corrected chi connectivity index (χ4v) is 5.80. The minimum absolute atomic E-state index is 0.0117. The van der Waals surface area contributed by atoms with Gasteiger partial charge in [-0.25, -0.2) is 4.98 Å². The van der Waals surface area contributed by atoms with Gasteiger partial charge in [0.15, 0.2) is 5.15 Å². The molecule has 2 N–H and O–H groups in total. The zero-order valence-corrected chi connectivity index (χ0v) is 23.1. The number of aryl methyl sites for hydroxylation is 1. The molecule has 4 rings (SSSR count). The second kappa shape index (κ2) is 10.6. The highest BCUT2D eigenvalue weighted by Crippen LogP contribution is 2.48. The van der Waals surface area contributed by atoms with Crippen molar-refractivity contribution in [3.8, 4) is 22.3 Å². The van der Waals surface area contributed by atoms with Gasteiger partial charge in [-0.15, -0.1) is 0 Å². The van der Waals surface area contributed by atoms with E-state index in [9.17, 15) is 26.4 Å². The lowest BCUT2D eigenvalue weighted by Crippen LogP contribution is -2.30. The molecular weight excluding hydrogens is 613 g/mol. The van der Waals surface area contributed by atoms with Gasteiger partial charge in [0.25, 0.3) is 5.91 Å². The minimum atomic E-state index is -5.70. The number of aromatic nitrogens is 2. The van der Waals surface area contributed by atoms with Gasteiger partial charge in [-0.1, -0.05) is 36.7 Å². The highest BCUT2D eigenvalue weighted by Gasteiger charge is 2.46. The molecule has 1 aliphatic heterocycles. The Morgan fingerprint density at radius 1 is 1.16 bits per heavy atom. The topological polar surface area (TPSA) is 106 Å². The predicted octanol–water partition coefficient (Wildman–Crippen LogP) is 6.29. The van der Waals surface area contributed by atoms with Crippen molar-refractivity contribution in [3.05, 3.63) is 69.6 Å². The van der Waals surface area contributed by atoms with E-state index in [2.05, 4.69) is 26.2 Å². The normalized spacial score (nSPS) is 12.2. The number of imidazole rings is 1. The Morgan fingerprint density at radius 2 is 1.87 bits per heavy atom. The van der Waals surface area contributed by atoms with Crippen molar-refractivity contribution in [2.75, 3.05) is 11.3 Å². The molecule has 1 amide bonds. The molecule has 14 heteroatoms. The highest BCUT2D eigenvalue weighted by atomic mass is 79.9. The van der Waals surface area contributed by atoms with Gasteiger partial charge >= 0.3 is 15.5 Å². The Morgan fingerprint density at radius 3 is 2.53 bits per heavy atom. The summed E-state index contributed by atoms with van der Waals surface area (Å²) in [5, 5.41) is 2.72. The number of sulfonamides is 1. The van der Waals surface area contributed by atoms with Crippen LogP contribution in [0.2, 0.25) is 5.15 Å². The van der Waals surface area contributed by atoms with Crippen molar-refractivity contribution in [3.63, 3.8) is 0 Å². The third-order valence-electron chi connectivity index (χ3n) is 5.81. The first-order chi connectivity index (χ1) is 17.9. The molecule has 202 valence electrons. The van der Waals surface area contributed by atoms with Gasteiger partial charge < -0.3 is 14.3 Å². The Balaban J connectivity index is 1.97. The Bertz CT molecular complexity index is 1580. The third-order valence-corrected chi connectivity index (χ3v) is 7.99. The summed E-state index contributed by atoms with van der Waals surface area (Å²) in [6.45, 7) is 4.01. The van der Waals surface area contributed by atoms with E-state index in [1.54, 1.807) is 28.3 Å². The molecule has 0 bridgehead atoms. The number of nitrogens with zero attached hydrogens (tertiary/aromatic N) is 2. The van der Waals surface area contributed by atoms with Crippen molar-refractivity contribution >= 4 is 49.1 Å². The number of hydrogen-bond acceptors (Lipinski definition) is 5. The number of benzene rings is 1. The number of fused-ring (bicyclic) bond motifs is 1. The quantitative estimate of drug-likeness (QED) is 0.237. The van der Waals surface area contributed by atoms with Gasteiger partial charge in [-0.05, 0) is 46.1 Å². The highest BCUT2D eigenvalue weighted by molar-refractivity contribution is 9.10. The summed E-state index contributed by atoms with van der Waals surface area (Å²) in [7, 11) is -5.70. The summed E-state index contributed by atoms with van der Waals surface area (Å²) in [6.07, 6.45) is 3.33. The van der Waals surface area contributed by atoms with Crippen LogP contribution in [0.3, 0.4) is 0 Å². The molecular formula is C24H21BrClF3N4O4S. The Kier molecular flexibility index (Phi) is 7.82. The molecule has 8 nitrogen and oxygen atoms in total. The molecule has 1 aliphatic carbocycles. The maximum atomic E-state index is 13.2. The monoisotopic (exact) mass is 632 g/mol. The van der Waals surface area contributed by atoms with Gasteiger partial charge in [-0.3, -0.25) is 9.52 Å². The van der Waals surface area contributed by atoms with E-state index in [-0.39, 0.29) is 28.6 Å². The summed E-state index contributed by atoms with van der Waals surface area (Å²) in [4.78, 5) is 17.2. The molecule has 2 aliphatic rings. The number of carbonyl (C=O) groups excluding carboxylic acids is 1. The first-order valence-electron chi connectivity index (χ1n) is 11.3. The number of amides is 1. The molecule has 0 radical (unpaired) electrons. The molecule has 0 unspecified atom stereocenters. The van der Waals surface area contributed by atoms with Crippen LogP contribution in [0, 0.1) is 0 Å². The van der Waals surface area contributed by atoms with Crippen LogP contribution in [-0.2, 0) is 23.0 Å². The van der Waals surface area contributed by atoms with Crippen LogP contribution in [0.25, 0.3) is 22.3 Å². The molecule has 2 heterocycles. The first-order valence-corrected chi connectivity index (χ1v) is 13.9. The number of halogens is 5. The molecule has 0 atom stereocenters. The van der Waals surface area contributed by atoms with Crippen LogP contribution in [-0.4, -0.2) is 35.9 Å². The number of para-hydroxylation sites is 1. The number of anilines is 1. The lowest BCUT2D eigenvalue weighted by atomic mass is 10.0. The molecule has 1 aromatic heterocycles. The van der Waals surface area contributed by atoms with Crippen LogP contribution in [0.5, 0.6) is 0 Å². The first kappa shape index (κ1) is 28.0. The number of carbonyl (C=O) groups is 1. The molecule has 1 aromatic carbocycles. The molecule has 0 fully saturated rings. The molecule has 2 aromatic rings. The van der Waals surface area contributed by atoms with Crippen molar-refractivity contribution < 1.29 is 30.8 Å². The average molecular weight is 634 g/mol. The molecule has 38 heavy (non-hydrogen) atoms. The van der Waals surface area contributed by atoms with E-state index in [0.29, 0.717) is 45.5 Å². The third kappa shape index (κ3) is 5.02. The number of alkyl halides is 3. The standard InChI is InChI=1S/C24H21BrClF3N4O4S/c1-3-18-31-22(26)21(23(34)30-4-2)33(18)11-15-13-9-10-37-12-16(13)20(25)19(15)14-7-5-6-8-17(14)32-38(35,36)24(27,28)29/h5-10,12,32H,3-4,11H2,1-2H3,(H,30,34). The smallest absolute Gasteiger partial charge is 0.472 e. The Labute approximate surface area is 229 Å². The van der Waals surface area contributed by atoms with E-state index in [1.807, 2.05) is 6.92 Å². The summed E-state index contributed by atoms with van der Waals surface area (Å²) < 4.78 is 72.6. The maximum absolute atomic E-state index is 13.2. The predicted molar refractivity (Wildman–Crippen MR) is 141 cm³/mol. The van der Waals surface area contributed by atoms with Crippen LogP contribution < -0.4 is 10.0 Å². The minimum Gasteiger partial charge on any atom is -0.472 e. The molecule has 0 saturated carbocycles. The zero-order valence-electron chi connectivity index (χ0n) is 20.0. The van der Waals surface area contributed by atoms with E-state index in [1.165, 1.54) is 30.7 Å². The average Bonchev–Trinajstić information content (AvgIpc) is 3.32. The lowest BCUT2D eigenvalue weighted by molar-refractivity contribution is -0.0429. The van der Waals surface area contributed by atoms with Crippen LogP contribution in [0.1, 0.15) is 35.7 Å². The van der Waals surface area contributed by atoms with Crippen LogP contribution >= 0.6 is 27.5 Å². The van der Waals surface area contributed by atoms with E-state index >= 15 is 0 Å². The summed E-state index contributed by atoms with van der Waals surface area (Å²) in [5.41, 5.74) is -3.22. The van der Waals surface area contributed by atoms with Crippen LogP contribution in [0.4, 0.5) is 18.9 Å². The van der Waals surface area contributed by atoms with Crippen molar-refractivity contribution in [1.29, 1.82) is 0 Å². The molecule has 0 saturated heterocycles. The second-order valence-corrected chi connectivity index (χ2v) is 10.9. The summed E-state index contributed by atoms with van der Waals surface area (Å²) in [5.74, 6) is 0.0777. The number of nitrogens with one attached hydrogen (secondary N) is 2. The van der Waals surface area contributed by atoms with Crippen LogP contribution in [0.15, 0.2) is 51.7 Å². The van der Waals surface area contributed by atoms with Crippen molar-refractivity contribution in [2.24, 2.45) is 0 Å². The number of rotatable bonds is 8. The zero-order chi connectivity index (χ0) is 27.8. The van der Waals surface area contributed by atoms with Crippen molar-refractivity contribution in [2.45, 2.75) is 32.3 Å². The van der Waals surface area contributed by atoms with Gasteiger partial charge in [0, 0.05) is 34.1 Å². The Hall–Kier alpha value is -3.03. The SMILES string of the molecule is CCNC(=O)c1c(Cl)nc(CC)n1Cc1c2ccocc-2c(Br)c1-c1ccccc1NS(=O)(=O)C(F)(F)F. The largest absolute Gasteiger partial charge is 0.516 e. The number of hydrogen-bond donors (Lipinski definition) is 2. The fraction of sp³-hybridized carbons (Fsp3) is 0.250. The summed E-state index contributed by atoms with van der Waals surface area (Å²) >= 11 is 9.88. The van der Waals surface area contributed by atoms with Gasteiger partial charge in [-0.2, -0.15) is 21.6 Å². The van der Waals surface area contributed by atoms with Gasteiger partial charge in [0.2, 0.25) is 0 Å². The summed E-state index contributed by atoms with van der Waals surface area (Å²) in [6, 6.07) is 7.41. The fourth-order valence-electron chi connectivity index (χ4n) is 4.17. The van der Waals surface area contributed by atoms with E-state index in [4.69, 9.17) is 16.0 Å². The van der Waals surface area contributed by atoms with Gasteiger partial charge in [0.1, 0.15) is 11.5 Å². The van der Waals surface area contributed by atoms with E-state index < -0.39 is 21.4 Å². The second-order valence-electron chi connectivity index (χ2n) is 8.11. The van der Waals surface area contributed by atoms with Crippen molar-refractivity contribution in [1.82, 2.24) is 14.9 Å². The maximum Gasteiger partial charge on any atom is 0.516 e. The molecule has 0 spiro atoms. The lowest BCUT2D eigenvalue weighted by Gasteiger charge is -2.17. The van der Waals surface area contributed by atoms with Gasteiger partial charge in [0.05, 0.1) is 24.8 Å². The van der Waals surface area contributed by atoms with E-state index in [0.717, 1.165) is 0 Å².